The maximum Gasteiger partial charge on any atom is 0.338 e. The Morgan fingerprint density at radius 2 is 1.92 bits per heavy atom. The number of halogens is 1. The third kappa shape index (κ3) is 4.41. The summed E-state index contributed by atoms with van der Waals surface area (Å²) in [7, 11) is 3.20. The van der Waals surface area contributed by atoms with E-state index in [-0.39, 0.29) is 11.7 Å². The Labute approximate surface area is 213 Å². The van der Waals surface area contributed by atoms with Crippen molar-refractivity contribution >= 4 is 17.6 Å². The number of aryl methyl sites for hydroxylation is 1. The lowest BCUT2D eigenvalue weighted by Crippen LogP contribution is -2.14. The van der Waals surface area contributed by atoms with Crippen LogP contribution in [0.5, 0.6) is 11.5 Å². The van der Waals surface area contributed by atoms with Gasteiger partial charge >= 0.3 is 5.97 Å². The lowest BCUT2D eigenvalue weighted by atomic mass is 9.91. The van der Waals surface area contributed by atoms with Crippen LogP contribution in [0.3, 0.4) is 0 Å². The lowest BCUT2D eigenvalue weighted by molar-refractivity contribution is 0.0000704. The van der Waals surface area contributed by atoms with Crippen molar-refractivity contribution in [3.05, 3.63) is 94.5 Å². The number of nitrogens with zero attached hydrogens (tertiary/aromatic N) is 3. The van der Waals surface area contributed by atoms with Gasteiger partial charge in [-0.25, -0.2) is 4.79 Å². The van der Waals surface area contributed by atoms with Crippen LogP contribution < -0.4 is 9.47 Å². The molecule has 2 unspecified atom stereocenters. The van der Waals surface area contributed by atoms with E-state index in [1.54, 1.807) is 25.1 Å². The molecule has 1 N–H and O–H groups in total. The largest absolute Gasteiger partial charge is 0.493 e. The topological polar surface area (TPSA) is 95.7 Å². The van der Waals surface area contributed by atoms with E-state index in [2.05, 4.69) is 10.1 Å². The number of hydrogen-bond acceptors (Lipinski definition) is 6. The van der Waals surface area contributed by atoms with Crippen LogP contribution in [0.4, 0.5) is 0 Å². The molecule has 0 saturated heterocycles. The average molecular weight is 506 g/mol. The highest BCUT2D eigenvalue weighted by molar-refractivity contribution is 6.30. The Hall–Kier alpha value is -3.88. The van der Waals surface area contributed by atoms with Gasteiger partial charge in [0.1, 0.15) is 6.10 Å². The number of methoxy groups -OCH3 is 2. The number of rotatable bonds is 7. The summed E-state index contributed by atoms with van der Waals surface area (Å²) in [5.41, 5.74) is 4.75. The summed E-state index contributed by atoms with van der Waals surface area (Å²) < 4.78 is 19.7. The molecular formula is C27H24ClN3O5. The SMILES string of the molecule is COc1cccc(C2OC(CCn3cc(C(=O)O)cn3)c3cnccc3-c3ccc(Cl)cc32)c1OC. The zero-order chi connectivity index (χ0) is 25.2. The first-order chi connectivity index (χ1) is 17.5. The van der Waals surface area contributed by atoms with Gasteiger partial charge in [0.05, 0.1) is 32.1 Å². The van der Waals surface area contributed by atoms with Crippen LogP contribution in [0.25, 0.3) is 11.1 Å². The molecule has 9 heteroatoms. The van der Waals surface area contributed by atoms with Crippen molar-refractivity contribution in [2.45, 2.75) is 25.2 Å². The fourth-order valence-corrected chi connectivity index (χ4v) is 4.82. The van der Waals surface area contributed by atoms with Gasteiger partial charge in [-0.3, -0.25) is 9.67 Å². The van der Waals surface area contributed by atoms with Crippen LogP contribution in [0.1, 0.15) is 45.7 Å². The number of carboxylic acid groups (broad SMARTS) is 1. The molecule has 0 amide bonds. The van der Waals surface area contributed by atoms with E-state index in [1.807, 2.05) is 48.7 Å². The van der Waals surface area contributed by atoms with Crippen molar-refractivity contribution in [3.8, 4) is 22.6 Å². The molecule has 0 spiro atoms. The highest BCUT2D eigenvalue weighted by Gasteiger charge is 2.33. The predicted octanol–water partition coefficient (Wildman–Crippen LogP) is 5.56. The summed E-state index contributed by atoms with van der Waals surface area (Å²) in [4.78, 5) is 15.6. The van der Waals surface area contributed by atoms with Crippen LogP contribution in [-0.4, -0.2) is 40.1 Å². The first-order valence-corrected chi connectivity index (χ1v) is 11.7. The fourth-order valence-electron chi connectivity index (χ4n) is 4.64. The minimum absolute atomic E-state index is 0.139. The smallest absolute Gasteiger partial charge is 0.338 e. The third-order valence-electron chi connectivity index (χ3n) is 6.30. The van der Waals surface area contributed by atoms with Crippen molar-refractivity contribution < 1.29 is 24.1 Å². The number of hydrogen-bond donors (Lipinski definition) is 1. The molecule has 0 radical (unpaired) electrons. The zero-order valence-corrected chi connectivity index (χ0v) is 20.5. The number of aromatic carboxylic acids is 1. The van der Waals surface area contributed by atoms with Crippen LogP contribution in [0, 0.1) is 0 Å². The van der Waals surface area contributed by atoms with E-state index >= 15 is 0 Å². The van der Waals surface area contributed by atoms with Gasteiger partial charge in [0.15, 0.2) is 11.5 Å². The van der Waals surface area contributed by atoms with Gasteiger partial charge in [0.25, 0.3) is 0 Å². The van der Waals surface area contributed by atoms with Gasteiger partial charge in [0, 0.05) is 41.3 Å². The van der Waals surface area contributed by atoms with E-state index in [0.717, 1.165) is 27.8 Å². The Bertz CT molecular complexity index is 1420. The summed E-state index contributed by atoms with van der Waals surface area (Å²) in [5.74, 6) is 0.163. The number of fused-ring (bicyclic) bond motifs is 3. The number of aromatic nitrogens is 3. The van der Waals surface area contributed by atoms with Crippen molar-refractivity contribution in [3.63, 3.8) is 0 Å². The molecular weight excluding hydrogens is 482 g/mol. The normalized spacial score (nSPS) is 16.5. The van der Waals surface area contributed by atoms with Gasteiger partial charge in [-0.2, -0.15) is 5.10 Å². The molecule has 2 aromatic heterocycles. The summed E-state index contributed by atoms with van der Waals surface area (Å²) in [6.45, 7) is 0.450. The Morgan fingerprint density at radius 1 is 1.08 bits per heavy atom. The van der Waals surface area contributed by atoms with Gasteiger partial charge in [-0.05, 0) is 47.4 Å². The quantitative estimate of drug-likeness (QED) is 0.351. The molecule has 184 valence electrons. The van der Waals surface area contributed by atoms with Gasteiger partial charge in [0.2, 0.25) is 0 Å². The van der Waals surface area contributed by atoms with Crippen molar-refractivity contribution in [1.29, 1.82) is 0 Å². The van der Waals surface area contributed by atoms with Gasteiger partial charge in [-0.1, -0.05) is 29.8 Å². The molecule has 5 rings (SSSR count). The van der Waals surface area contributed by atoms with Crippen LogP contribution in [-0.2, 0) is 11.3 Å². The molecule has 0 saturated carbocycles. The van der Waals surface area contributed by atoms with Gasteiger partial charge in [-0.15, -0.1) is 0 Å². The Balaban J connectivity index is 1.62. The summed E-state index contributed by atoms with van der Waals surface area (Å²) >= 11 is 6.46. The molecule has 1 aliphatic heterocycles. The van der Waals surface area contributed by atoms with Crippen LogP contribution in [0.15, 0.2) is 67.3 Å². The second kappa shape index (κ2) is 10.0. The summed E-state index contributed by atoms with van der Waals surface area (Å²) in [6.07, 6.45) is 6.06. The summed E-state index contributed by atoms with van der Waals surface area (Å²) in [5, 5.41) is 14.0. The van der Waals surface area contributed by atoms with E-state index in [4.69, 9.17) is 25.8 Å². The maximum absolute atomic E-state index is 11.3. The van der Waals surface area contributed by atoms with Gasteiger partial charge < -0.3 is 19.3 Å². The number of carbonyl (C=O) groups is 1. The van der Waals surface area contributed by atoms with Crippen LogP contribution in [0.2, 0.25) is 5.02 Å². The molecule has 3 heterocycles. The average Bonchev–Trinajstić information content (AvgIpc) is 3.33. The molecule has 4 aromatic rings. The minimum atomic E-state index is -1.01. The van der Waals surface area contributed by atoms with Crippen molar-refractivity contribution in [2.75, 3.05) is 14.2 Å². The second-order valence-corrected chi connectivity index (χ2v) is 8.80. The third-order valence-corrected chi connectivity index (χ3v) is 6.54. The Kier molecular flexibility index (Phi) is 6.63. The molecule has 2 aromatic carbocycles. The van der Waals surface area contributed by atoms with E-state index in [1.165, 1.54) is 12.4 Å². The highest BCUT2D eigenvalue weighted by atomic mass is 35.5. The second-order valence-electron chi connectivity index (χ2n) is 8.37. The predicted molar refractivity (Wildman–Crippen MR) is 134 cm³/mol. The highest BCUT2D eigenvalue weighted by Crippen LogP contribution is 2.49. The number of ether oxygens (including phenoxy) is 3. The first-order valence-electron chi connectivity index (χ1n) is 11.4. The lowest BCUT2D eigenvalue weighted by Gasteiger charge is -2.26. The monoisotopic (exact) mass is 505 g/mol. The standard InChI is InChI=1S/C27H24ClN3O5/c1-34-24-5-3-4-20(26(24)35-2)25-21-12-17(28)6-7-18(21)19-8-10-29-14-22(19)23(36-25)9-11-31-15-16(13-30-31)27(32)33/h3-8,10,12-15,23,25H,9,11H2,1-2H3,(H,32,33). The molecule has 0 fully saturated rings. The first kappa shape index (κ1) is 23.8. The van der Waals surface area contributed by atoms with Crippen molar-refractivity contribution in [1.82, 2.24) is 14.8 Å². The maximum atomic E-state index is 11.3. The molecule has 2 atom stereocenters. The van der Waals surface area contributed by atoms with Crippen molar-refractivity contribution in [2.24, 2.45) is 0 Å². The molecule has 0 aliphatic carbocycles. The van der Waals surface area contributed by atoms with E-state index < -0.39 is 12.1 Å². The Morgan fingerprint density at radius 3 is 2.67 bits per heavy atom. The number of pyridine rings is 1. The number of benzene rings is 2. The summed E-state index contributed by atoms with van der Waals surface area (Å²) in [6, 6.07) is 13.4. The van der Waals surface area contributed by atoms with E-state index in [9.17, 15) is 9.90 Å². The van der Waals surface area contributed by atoms with E-state index in [0.29, 0.717) is 29.5 Å². The fraction of sp³-hybridized carbons (Fsp3) is 0.222. The number of para-hydroxylation sites is 1. The molecule has 0 bridgehead atoms. The number of carboxylic acids is 1. The molecule has 1 aliphatic rings. The molecule has 8 nitrogen and oxygen atoms in total. The van der Waals surface area contributed by atoms with Crippen LogP contribution >= 0.6 is 11.6 Å². The molecule has 36 heavy (non-hydrogen) atoms. The zero-order valence-electron chi connectivity index (χ0n) is 19.7. The minimum Gasteiger partial charge on any atom is -0.493 e.